The standard InChI is InChI=1S/C33H41ClFN5O6/c1-20(2)29(32(44)46-3)40-33(45)39-27(19-21-10-4-6-12-24(21)34)31(43)38-26-14-8-9-17-36-28(41)16-15-23(37-30(26)42)18-22-11-5-7-13-25(22)35/h4-7,10-13,15-16,20,23,26-27,29H,8-9,14,17-19H2,1-3H3,(H,36,41)(H,37,42)(H,38,43)(H2,39,40,45)/b16-15+/t23-,26+,27+,29+/m1/s1. The average Bonchev–Trinajstić information content (AvgIpc) is 3.02. The molecule has 0 unspecified atom stereocenters. The van der Waals surface area contributed by atoms with Crippen LogP contribution in [0.25, 0.3) is 0 Å². The van der Waals surface area contributed by atoms with Crippen molar-refractivity contribution in [3.63, 3.8) is 0 Å². The van der Waals surface area contributed by atoms with E-state index in [2.05, 4.69) is 26.6 Å². The number of rotatable bonds is 10. The van der Waals surface area contributed by atoms with Crippen molar-refractivity contribution < 1.29 is 33.1 Å². The highest BCUT2D eigenvalue weighted by Gasteiger charge is 2.31. The second-order valence-corrected chi connectivity index (χ2v) is 11.7. The van der Waals surface area contributed by atoms with E-state index in [1.165, 1.54) is 25.3 Å². The third-order valence-corrected chi connectivity index (χ3v) is 7.84. The number of nitrogens with one attached hydrogen (secondary N) is 5. The van der Waals surface area contributed by atoms with Gasteiger partial charge in [-0.3, -0.25) is 14.4 Å². The van der Waals surface area contributed by atoms with Crippen molar-refractivity contribution in [1.29, 1.82) is 0 Å². The van der Waals surface area contributed by atoms with E-state index in [4.69, 9.17) is 16.3 Å². The molecule has 1 heterocycles. The summed E-state index contributed by atoms with van der Waals surface area (Å²) in [6.45, 7) is 3.83. The first-order valence-corrected chi connectivity index (χ1v) is 15.5. The van der Waals surface area contributed by atoms with Gasteiger partial charge in [0.05, 0.1) is 13.2 Å². The number of methoxy groups -OCH3 is 1. The molecule has 2 aromatic carbocycles. The molecule has 1 aliphatic heterocycles. The summed E-state index contributed by atoms with van der Waals surface area (Å²) in [6, 6.07) is 8.24. The van der Waals surface area contributed by atoms with E-state index >= 15 is 0 Å². The molecule has 4 atom stereocenters. The van der Waals surface area contributed by atoms with Crippen molar-refractivity contribution in [2.45, 2.75) is 70.1 Å². The topological polar surface area (TPSA) is 155 Å². The van der Waals surface area contributed by atoms with E-state index in [0.717, 1.165) is 0 Å². The Morgan fingerprint density at radius 3 is 2.39 bits per heavy atom. The van der Waals surface area contributed by atoms with Crippen LogP contribution in [-0.4, -0.2) is 67.5 Å². The molecule has 0 fully saturated rings. The summed E-state index contributed by atoms with van der Waals surface area (Å²) in [5.41, 5.74) is 0.916. The van der Waals surface area contributed by atoms with E-state index in [0.29, 0.717) is 35.5 Å². The molecule has 0 aromatic heterocycles. The van der Waals surface area contributed by atoms with Gasteiger partial charge in [0.15, 0.2) is 0 Å². The predicted octanol–water partition coefficient (Wildman–Crippen LogP) is 2.96. The molecule has 11 nitrogen and oxygen atoms in total. The Hall–Kier alpha value is -4.45. The first kappa shape index (κ1) is 36.0. The van der Waals surface area contributed by atoms with Crippen molar-refractivity contribution in [1.82, 2.24) is 26.6 Å². The highest BCUT2D eigenvalue weighted by Crippen LogP contribution is 2.18. The Bertz CT molecular complexity index is 1420. The Labute approximate surface area is 273 Å². The van der Waals surface area contributed by atoms with Crippen LogP contribution in [0.1, 0.15) is 44.2 Å². The molecule has 0 bridgehead atoms. The minimum atomic E-state index is -1.19. The number of amides is 5. The van der Waals surface area contributed by atoms with E-state index in [1.807, 2.05) is 0 Å². The van der Waals surface area contributed by atoms with Crippen LogP contribution < -0.4 is 26.6 Å². The molecule has 1 aliphatic rings. The minimum absolute atomic E-state index is 0.0114. The number of ether oxygens (including phenoxy) is 1. The molecule has 0 radical (unpaired) electrons. The molecule has 248 valence electrons. The molecule has 2 aromatic rings. The fraction of sp³-hybridized carbons (Fsp3) is 0.424. The second kappa shape index (κ2) is 17.9. The number of hydrogen-bond acceptors (Lipinski definition) is 6. The van der Waals surface area contributed by atoms with Gasteiger partial charge in [-0.05, 0) is 54.9 Å². The summed E-state index contributed by atoms with van der Waals surface area (Å²) < 4.78 is 19.2. The van der Waals surface area contributed by atoms with E-state index in [-0.39, 0.29) is 31.1 Å². The number of esters is 1. The van der Waals surface area contributed by atoms with Gasteiger partial charge in [0.1, 0.15) is 23.9 Å². The Balaban J connectivity index is 1.84. The minimum Gasteiger partial charge on any atom is -0.467 e. The smallest absolute Gasteiger partial charge is 0.328 e. The predicted molar refractivity (Wildman–Crippen MR) is 171 cm³/mol. The van der Waals surface area contributed by atoms with Crippen molar-refractivity contribution in [2.24, 2.45) is 5.92 Å². The number of carbonyl (C=O) groups is 5. The van der Waals surface area contributed by atoms with Crippen molar-refractivity contribution in [2.75, 3.05) is 13.7 Å². The number of halogens is 2. The SMILES string of the molecule is COC(=O)[C@@H](NC(=O)N[C@@H](Cc1ccccc1Cl)C(=O)N[C@H]1CCCCNC(=O)/C=C/[C@H](Cc2ccccc2F)NC1=O)C(C)C. The molecule has 0 saturated heterocycles. The maximum absolute atomic E-state index is 14.5. The number of hydrogen-bond donors (Lipinski definition) is 5. The maximum atomic E-state index is 14.5. The summed E-state index contributed by atoms with van der Waals surface area (Å²) in [5, 5.41) is 13.9. The van der Waals surface area contributed by atoms with Gasteiger partial charge in [0.25, 0.3) is 0 Å². The van der Waals surface area contributed by atoms with Crippen LogP contribution in [0.15, 0.2) is 60.7 Å². The lowest BCUT2D eigenvalue weighted by Crippen LogP contribution is -2.58. The number of benzene rings is 2. The zero-order valence-corrected chi connectivity index (χ0v) is 26.9. The molecule has 5 amide bonds. The summed E-state index contributed by atoms with van der Waals surface area (Å²) in [4.78, 5) is 64.9. The van der Waals surface area contributed by atoms with Gasteiger partial charge < -0.3 is 31.3 Å². The van der Waals surface area contributed by atoms with Crippen molar-refractivity contribution in [3.05, 3.63) is 82.6 Å². The Kier molecular flexibility index (Phi) is 14.0. The first-order chi connectivity index (χ1) is 22.0. The van der Waals surface area contributed by atoms with Crippen LogP contribution in [0.2, 0.25) is 5.02 Å². The normalized spacial score (nSPS) is 19.3. The largest absolute Gasteiger partial charge is 0.467 e. The zero-order valence-electron chi connectivity index (χ0n) is 26.1. The van der Waals surface area contributed by atoms with Crippen LogP contribution in [-0.2, 0) is 36.8 Å². The number of urea groups is 1. The van der Waals surface area contributed by atoms with Crippen LogP contribution in [0.5, 0.6) is 0 Å². The van der Waals surface area contributed by atoms with Gasteiger partial charge >= 0.3 is 12.0 Å². The molecule has 46 heavy (non-hydrogen) atoms. The average molecular weight is 658 g/mol. The highest BCUT2D eigenvalue weighted by atomic mass is 35.5. The van der Waals surface area contributed by atoms with Crippen molar-refractivity contribution in [3.8, 4) is 0 Å². The molecule has 5 N–H and O–H groups in total. The molecular weight excluding hydrogens is 617 g/mol. The summed E-state index contributed by atoms with van der Waals surface area (Å²) in [5.74, 6) is -2.92. The molecule has 0 spiro atoms. The van der Waals surface area contributed by atoms with E-state index < -0.39 is 53.8 Å². The van der Waals surface area contributed by atoms with Crippen LogP contribution in [0.4, 0.5) is 9.18 Å². The summed E-state index contributed by atoms with van der Waals surface area (Å²) >= 11 is 6.37. The van der Waals surface area contributed by atoms with E-state index in [1.54, 1.807) is 56.3 Å². The monoisotopic (exact) mass is 657 g/mol. The quantitative estimate of drug-likeness (QED) is 0.248. The van der Waals surface area contributed by atoms with Gasteiger partial charge in [-0.2, -0.15) is 0 Å². The van der Waals surface area contributed by atoms with Gasteiger partial charge in [-0.1, -0.05) is 67.9 Å². The zero-order chi connectivity index (χ0) is 33.6. The molecule has 13 heteroatoms. The molecule has 0 aliphatic carbocycles. The third kappa shape index (κ3) is 11.2. The molecule has 3 rings (SSSR count). The van der Waals surface area contributed by atoms with Gasteiger partial charge in [0, 0.05) is 24.1 Å². The third-order valence-electron chi connectivity index (χ3n) is 7.47. The Morgan fingerprint density at radius 1 is 1.02 bits per heavy atom. The van der Waals surface area contributed by atoms with Gasteiger partial charge in [-0.15, -0.1) is 0 Å². The lowest BCUT2D eigenvalue weighted by Gasteiger charge is -2.26. The summed E-state index contributed by atoms with van der Waals surface area (Å²) in [6.07, 6.45) is 4.09. The lowest BCUT2D eigenvalue weighted by molar-refractivity contribution is -0.144. The number of carbonyl (C=O) groups excluding carboxylic acids is 5. The van der Waals surface area contributed by atoms with Crippen LogP contribution in [0.3, 0.4) is 0 Å². The van der Waals surface area contributed by atoms with Crippen LogP contribution >= 0.6 is 11.6 Å². The first-order valence-electron chi connectivity index (χ1n) is 15.2. The van der Waals surface area contributed by atoms with Gasteiger partial charge in [0.2, 0.25) is 17.7 Å². The van der Waals surface area contributed by atoms with Crippen LogP contribution in [0, 0.1) is 11.7 Å². The highest BCUT2D eigenvalue weighted by molar-refractivity contribution is 6.31. The molecule has 0 saturated carbocycles. The van der Waals surface area contributed by atoms with E-state index in [9.17, 15) is 28.4 Å². The Morgan fingerprint density at radius 2 is 1.72 bits per heavy atom. The fourth-order valence-corrected chi connectivity index (χ4v) is 5.11. The molecular formula is C33H41ClFN5O6. The maximum Gasteiger partial charge on any atom is 0.328 e. The second-order valence-electron chi connectivity index (χ2n) is 11.3. The van der Waals surface area contributed by atoms with Crippen molar-refractivity contribution >= 4 is 41.3 Å². The fourth-order valence-electron chi connectivity index (χ4n) is 4.90. The van der Waals surface area contributed by atoms with Gasteiger partial charge in [-0.25, -0.2) is 14.0 Å². The summed E-state index contributed by atoms with van der Waals surface area (Å²) in [7, 11) is 1.21. The lowest BCUT2D eigenvalue weighted by atomic mass is 10.0.